The Balaban J connectivity index is 0.00000441. The van der Waals surface area contributed by atoms with Crippen LogP contribution in [0.15, 0.2) is 103 Å². The van der Waals surface area contributed by atoms with Gasteiger partial charge in [-0.25, -0.2) is 9.28 Å². The monoisotopic (exact) mass is 559 g/mol. The van der Waals surface area contributed by atoms with Crippen molar-refractivity contribution in [3.63, 3.8) is 0 Å². The quantitative estimate of drug-likeness (QED) is 0.197. The molecule has 0 saturated carbocycles. The lowest BCUT2D eigenvalue weighted by atomic mass is 10.0. The van der Waals surface area contributed by atoms with Crippen molar-refractivity contribution in [2.75, 3.05) is 27.9 Å². The zero-order valence-electron chi connectivity index (χ0n) is 23.0. The third-order valence-electron chi connectivity index (χ3n) is 6.82. The minimum absolute atomic E-state index is 0. The summed E-state index contributed by atoms with van der Waals surface area (Å²) in [5.41, 5.74) is 3.24. The predicted octanol–water partition coefficient (Wildman–Crippen LogP) is 2.89. The van der Waals surface area contributed by atoms with E-state index in [1.807, 2.05) is 91.0 Å². The van der Waals surface area contributed by atoms with Gasteiger partial charge in [0, 0.05) is 16.7 Å². The first-order valence-electron chi connectivity index (χ1n) is 12.8. The lowest BCUT2D eigenvalue weighted by Gasteiger charge is -2.36. The molecule has 0 saturated heterocycles. The van der Waals surface area contributed by atoms with Crippen LogP contribution in [0.3, 0.4) is 0 Å². The normalized spacial score (nSPS) is 12.0. The first kappa shape index (κ1) is 30.4. The first-order chi connectivity index (χ1) is 19.0. The fourth-order valence-corrected chi connectivity index (χ4v) is 4.81. The van der Waals surface area contributed by atoms with Crippen LogP contribution in [0, 0.1) is 0 Å². The molecule has 0 heterocycles. The number of benzene rings is 4. The first-order valence-corrected chi connectivity index (χ1v) is 12.8. The SMILES string of the molecule is COc1cccc(CC(=O)[N+](CC(=O)c2ccccc2)(Cc2ccccc2)Cc2ccc(OC)c(OC)c2)c1.[Cl-]. The summed E-state index contributed by atoms with van der Waals surface area (Å²) in [7, 11) is 4.77. The van der Waals surface area contributed by atoms with E-state index in [1.54, 1.807) is 33.5 Å². The molecule has 208 valence electrons. The van der Waals surface area contributed by atoms with Crippen LogP contribution in [0.2, 0.25) is 0 Å². The standard InChI is InChI=1S/C33H34NO5.ClH/c1-37-29-16-10-13-26(19-29)21-33(36)34(22-25-11-6-4-7-12-25,24-30(35)28-14-8-5-9-15-28)23-27-17-18-31(38-2)32(20-27)39-3;/h4-20H,21-24H2,1-3H3;1H/q+1;/p-1. The van der Waals surface area contributed by atoms with Gasteiger partial charge in [0.1, 0.15) is 18.8 Å². The molecule has 0 aliphatic heterocycles. The topological polar surface area (TPSA) is 61.8 Å². The number of methoxy groups -OCH3 is 3. The average Bonchev–Trinajstić information content (AvgIpc) is 2.98. The number of hydrogen-bond donors (Lipinski definition) is 0. The highest BCUT2D eigenvalue weighted by molar-refractivity contribution is 5.97. The van der Waals surface area contributed by atoms with Crippen LogP contribution < -0.4 is 26.6 Å². The third-order valence-corrected chi connectivity index (χ3v) is 6.82. The van der Waals surface area contributed by atoms with E-state index in [9.17, 15) is 9.59 Å². The lowest BCUT2D eigenvalue weighted by Crippen LogP contribution is -3.00. The summed E-state index contributed by atoms with van der Waals surface area (Å²) in [5, 5.41) is 0. The second kappa shape index (κ2) is 14.3. The molecule has 7 heteroatoms. The zero-order chi connectivity index (χ0) is 27.7. The Hall–Kier alpha value is -4.13. The number of rotatable bonds is 12. The van der Waals surface area contributed by atoms with E-state index >= 15 is 0 Å². The molecule has 0 spiro atoms. The molecule has 40 heavy (non-hydrogen) atoms. The van der Waals surface area contributed by atoms with Gasteiger partial charge >= 0.3 is 5.91 Å². The van der Waals surface area contributed by atoms with Gasteiger partial charge in [-0.1, -0.05) is 72.8 Å². The summed E-state index contributed by atoms with van der Waals surface area (Å²) in [6.45, 7) is 0.670. The van der Waals surface area contributed by atoms with E-state index < -0.39 is 0 Å². The Morgan fingerprint density at radius 2 is 1.25 bits per heavy atom. The Bertz CT molecular complexity index is 1410. The van der Waals surface area contributed by atoms with E-state index in [1.165, 1.54) is 0 Å². The Morgan fingerprint density at radius 1 is 0.625 bits per heavy atom. The molecule has 0 aliphatic rings. The Labute approximate surface area is 242 Å². The van der Waals surface area contributed by atoms with Crippen molar-refractivity contribution in [2.45, 2.75) is 19.5 Å². The molecule has 0 radical (unpaired) electrons. The van der Waals surface area contributed by atoms with Crippen LogP contribution in [-0.2, 0) is 24.3 Å². The molecular formula is C33H34ClNO5. The molecule has 1 unspecified atom stereocenters. The predicted molar refractivity (Wildman–Crippen MR) is 151 cm³/mol. The number of quaternary nitrogens is 1. The number of ether oxygens (including phenoxy) is 3. The minimum atomic E-state index is -0.0928. The maximum atomic E-state index is 14.4. The molecule has 1 atom stereocenters. The minimum Gasteiger partial charge on any atom is -1.00 e. The van der Waals surface area contributed by atoms with Gasteiger partial charge in [-0.05, 0) is 35.9 Å². The third kappa shape index (κ3) is 7.50. The number of amides is 1. The van der Waals surface area contributed by atoms with E-state index in [4.69, 9.17) is 14.2 Å². The number of ketones is 1. The molecular weight excluding hydrogens is 526 g/mol. The van der Waals surface area contributed by atoms with E-state index in [2.05, 4.69) is 0 Å². The van der Waals surface area contributed by atoms with E-state index in [0.29, 0.717) is 35.9 Å². The molecule has 6 nitrogen and oxygen atoms in total. The van der Waals surface area contributed by atoms with Crippen molar-refractivity contribution >= 4 is 11.7 Å². The Morgan fingerprint density at radius 3 is 1.90 bits per heavy atom. The Kier molecular flexibility index (Phi) is 10.9. The summed E-state index contributed by atoms with van der Waals surface area (Å²) >= 11 is 0. The highest BCUT2D eigenvalue weighted by atomic mass is 35.5. The second-order valence-electron chi connectivity index (χ2n) is 9.51. The smallest absolute Gasteiger partial charge is 0.319 e. The van der Waals surface area contributed by atoms with Crippen LogP contribution in [0.5, 0.6) is 17.2 Å². The highest BCUT2D eigenvalue weighted by Crippen LogP contribution is 2.31. The molecule has 4 aromatic rings. The number of hydrogen-bond acceptors (Lipinski definition) is 5. The van der Waals surface area contributed by atoms with Gasteiger partial charge in [0.25, 0.3) is 0 Å². The van der Waals surface area contributed by atoms with E-state index in [-0.39, 0.29) is 41.5 Å². The van der Waals surface area contributed by atoms with E-state index in [0.717, 1.165) is 16.7 Å². The van der Waals surface area contributed by atoms with Crippen LogP contribution in [0.25, 0.3) is 0 Å². The number of carbonyl (C=O) groups is 2. The molecule has 0 N–H and O–H groups in total. The summed E-state index contributed by atoms with van der Waals surface area (Å²) in [5.74, 6) is 1.70. The molecule has 0 aromatic heterocycles. The second-order valence-corrected chi connectivity index (χ2v) is 9.51. The lowest BCUT2D eigenvalue weighted by molar-refractivity contribution is -0.873. The average molecular weight is 560 g/mol. The van der Waals surface area contributed by atoms with Crippen molar-refractivity contribution in [3.8, 4) is 17.2 Å². The van der Waals surface area contributed by atoms with Crippen LogP contribution in [0.4, 0.5) is 0 Å². The summed E-state index contributed by atoms with van der Waals surface area (Å²) in [4.78, 5) is 28.1. The van der Waals surface area contributed by atoms with Crippen molar-refractivity contribution in [1.82, 2.24) is 0 Å². The molecule has 4 aromatic carbocycles. The fraction of sp³-hybridized carbons (Fsp3) is 0.212. The number of nitrogens with zero attached hydrogens (tertiary/aromatic N) is 1. The van der Waals surface area contributed by atoms with Crippen LogP contribution in [0.1, 0.15) is 27.0 Å². The fourth-order valence-electron chi connectivity index (χ4n) is 4.81. The van der Waals surface area contributed by atoms with Gasteiger partial charge in [-0.3, -0.25) is 4.79 Å². The number of carbonyl (C=O) groups excluding carboxylic acids is 2. The maximum Gasteiger partial charge on any atom is 0.319 e. The van der Waals surface area contributed by atoms with Gasteiger partial charge in [0.15, 0.2) is 18.0 Å². The molecule has 0 bridgehead atoms. The maximum absolute atomic E-state index is 14.4. The summed E-state index contributed by atoms with van der Waals surface area (Å²) in [6.07, 6.45) is 0.152. The van der Waals surface area contributed by atoms with Crippen LogP contribution in [-0.4, -0.2) is 44.0 Å². The van der Waals surface area contributed by atoms with Gasteiger partial charge < -0.3 is 26.6 Å². The zero-order valence-corrected chi connectivity index (χ0v) is 23.8. The largest absolute Gasteiger partial charge is 1.00 e. The number of Topliss-reactive ketones (excluding diaryl/α,β-unsaturated/α-hetero) is 1. The summed E-state index contributed by atoms with van der Waals surface area (Å²) in [6, 6.07) is 32.1. The molecule has 1 amide bonds. The van der Waals surface area contributed by atoms with Gasteiger partial charge in [-0.2, -0.15) is 0 Å². The summed E-state index contributed by atoms with van der Waals surface area (Å²) < 4.78 is 16.3. The number of halogens is 1. The molecule has 4 rings (SSSR count). The van der Waals surface area contributed by atoms with Gasteiger partial charge in [0.05, 0.1) is 27.8 Å². The van der Waals surface area contributed by atoms with Crippen molar-refractivity contribution in [3.05, 3.63) is 125 Å². The van der Waals surface area contributed by atoms with Crippen LogP contribution >= 0.6 is 0 Å². The van der Waals surface area contributed by atoms with Gasteiger partial charge in [0.2, 0.25) is 5.78 Å². The van der Waals surface area contributed by atoms with Gasteiger partial charge in [-0.15, -0.1) is 0 Å². The molecule has 0 fully saturated rings. The molecule has 0 aliphatic carbocycles. The van der Waals surface area contributed by atoms with Crippen molar-refractivity contribution < 1.29 is 40.7 Å². The van der Waals surface area contributed by atoms with Crippen molar-refractivity contribution in [2.24, 2.45) is 0 Å². The highest BCUT2D eigenvalue weighted by Gasteiger charge is 2.39. The van der Waals surface area contributed by atoms with Crippen molar-refractivity contribution in [1.29, 1.82) is 0 Å².